The molecule has 3 atom stereocenters. The van der Waals surface area contributed by atoms with Crippen LogP contribution in [0.15, 0.2) is 36.7 Å². The average molecular weight is 577 g/mol. The molecule has 0 bridgehead atoms. The van der Waals surface area contributed by atoms with Crippen molar-refractivity contribution in [3.05, 3.63) is 63.6 Å². The fraction of sp³-hybridized carbons (Fsp3) is 0.483. The van der Waals surface area contributed by atoms with Crippen molar-refractivity contribution >= 4 is 46.0 Å². The van der Waals surface area contributed by atoms with Crippen LogP contribution in [0.3, 0.4) is 0 Å². The zero-order valence-corrected chi connectivity index (χ0v) is 24.3. The van der Waals surface area contributed by atoms with Crippen molar-refractivity contribution in [2.45, 2.75) is 65.7 Å². The molecule has 0 unspecified atom stereocenters. The molecule has 0 saturated carbocycles. The molecule has 7 nitrogen and oxygen atoms in total. The minimum absolute atomic E-state index is 0.107. The first-order valence-electron chi connectivity index (χ1n) is 13.4. The predicted molar refractivity (Wildman–Crippen MR) is 153 cm³/mol. The molecule has 10 heteroatoms. The van der Waals surface area contributed by atoms with Crippen LogP contribution in [0.5, 0.6) is 0 Å². The van der Waals surface area contributed by atoms with Gasteiger partial charge in [0.05, 0.1) is 16.1 Å². The minimum atomic E-state index is -0.696. The molecule has 1 aromatic carbocycles. The smallest absolute Gasteiger partial charge is 0.242 e. The number of likely N-dealkylation sites (tertiary alicyclic amines) is 1. The van der Waals surface area contributed by atoms with Crippen LogP contribution >= 0.6 is 23.2 Å². The third kappa shape index (κ3) is 7.10. The van der Waals surface area contributed by atoms with E-state index in [1.54, 1.807) is 25.3 Å². The van der Waals surface area contributed by atoms with E-state index in [1.807, 2.05) is 23.8 Å². The molecule has 4 rings (SSSR count). The van der Waals surface area contributed by atoms with Crippen LogP contribution in [-0.2, 0) is 29.1 Å². The molecule has 1 aliphatic rings. The van der Waals surface area contributed by atoms with Crippen molar-refractivity contribution < 1.29 is 14.0 Å². The molecule has 2 aromatic heterocycles. The predicted octanol–water partition coefficient (Wildman–Crippen LogP) is 5.21. The van der Waals surface area contributed by atoms with Crippen molar-refractivity contribution in [2.24, 2.45) is 11.8 Å². The van der Waals surface area contributed by atoms with E-state index < -0.39 is 11.9 Å². The Kier molecular flexibility index (Phi) is 9.51. The monoisotopic (exact) mass is 575 g/mol. The highest BCUT2D eigenvalue weighted by Crippen LogP contribution is 2.28. The van der Waals surface area contributed by atoms with Crippen LogP contribution < -0.4 is 10.6 Å². The number of carbonyl (C=O) groups is 2. The number of hydrogen-bond donors (Lipinski definition) is 2. The number of carbonyl (C=O) groups excluding carboxylic acids is 2. The Balaban J connectivity index is 1.31. The SMILES string of the molecule is CCN1C[C@@H](Cc2ccc(F)c(Cl)c2)C[C@@H]1C(=O)N[C@@H](C)C(=O)NCc1cnc2c(c1)c(Cl)cn2CC(C)C. The normalized spacial score (nSPS) is 18.6. The summed E-state index contributed by atoms with van der Waals surface area (Å²) in [5, 5.41) is 7.36. The fourth-order valence-corrected chi connectivity index (χ4v) is 5.75. The van der Waals surface area contributed by atoms with E-state index in [1.165, 1.54) is 6.07 Å². The second-order valence-corrected chi connectivity index (χ2v) is 11.7. The Bertz CT molecular complexity index is 1340. The summed E-state index contributed by atoms with van der Waals surface area (Å²) >= 11 is 12.4. The van der Waals surface area contributed by atoms with Crippen molar-refractivity contribution in [3.63, 3.8) is 0 Å². The summed E-state index contributed by atoms with van der Waals surface area (Å²) in [6, 6.07) is 5.68. The summed E-state index contributed by atoms with van der Waals surface area (Å²) in [5.41, 5.74) is 2.60. The van der Waals surface area contributed by atoms with Gasteiger partial charge in [-0.05, 0) is 67.5 Å². The molecule has 210 valence electrons. The van der Waals surface area contributed by atoms with Crippen LogP contribution in [0.1, 0.15) is 45.2 Å². The van der Waals surface area contributed by atoms with Crippen LogP contribution in [0, 0.1) is 17.7 Å². The maximum Gasteiger partial charge on any atom is 0.242 e. The van der Waals surface area contributed by atoms with Crippen molar-refractivity contribution in [3.8, 4) is 0 Å². The summed E-state index contributed by atoms with van der Waals surface area (Å²) in [6.45, 7) is 10.5. The maximum absolute atomic E-state index is 13.5. The number of pyridine rings is 1. The van der Waals surface area contributed by atoms with Crippen LogP contribution in [0.4, 0.5) is 4.39 Å². The molecule has 1 fully saturated rings. The topological polar surface area (TPSA) is 79.3 Å². The maximum atomic E-state index is 13.5. The summed E-state index contributed by atoms with van der Waals surface area (Å²) in [5.74, 6) is -0.183. The number of halogens is 3. The molecule has 0 radical (unpaired) electrons. The quantitative estimate of drug-likeness (QED) is 0.347. The molecule has 2 amide bonds. The van der Waals surface area contributed by atoms with Gasteiger partial charge in [0.15, 0.2) is 0 Å². The second-order valence-electron chi connectivity index (χ2n) is 10.8. The lowest BCUT2D eigenvalue weighted by Gasteiger charge is -2.23. The number of likely N-dealkylation sites (N-methyl/N-ethyl adjacent to an activating group) is 1. The number of nitrogens with zero attached hydrogens (tertiary/aromatic N) is 3. The first kappa shape index (κ1) is 29.3. The van der Waals surface area contributed by atoms with Gasteiger partial charge in [-0.3, -0.25) is 14.5 Å². The number of nitrogens with one attached hydrogen (secondary N) is 2. The largest absolute Gasteiger partial charge is 0.350 e. The van der Waals surface area contributed by atoms with E-state index in [9.17, 15) is 14.0 Å². The zero-order valence-electron chi connectivity index (χ0n) is 22.8. The standard InChI is InChI=1S/C29H36Cl2FN5O2/c1-5-36-15-20(8-19-6-7-25(32)23(30)10-19)11-26(36)29(39)35-18(4)28(38)34-13-21-9-22-24(31)16-37(14-17(2)3)27(22)33-12-21/h6-7,9-10,12,16-18,20,26H,5,8,11,13-15H2,1-4H3,(H,34,38)(H,35,39)/t18-,20-,26+/m0/s1. The molecule has 1 saturated heterocycles. The third-order valence-corrected chi connectivity index (χ3v) is 7.80. The third-order valence-electron chi connectivity index (χ3n) is 7.21. The summed E-state index contributed by atoms with van der Waals surface area (Å²) in [7, 11) is 0. The summed E-state index contributed by atoms with van der Waals surface area (Å²) in [6.07, 6.45) is 5.00. The van der Waals surface area contributed by atoms with Gasteiger partial charge in [0.2, 0.25) is 11.8 Å². The van der Waals surface area contributed by atoms with Gasteiger partial charge < -0.3 is 15.2 Å². The number of amides is 2. The first-order chi connectivity index (χ1) is 18.5. The number of fused-ring (bicyclic) bond motifs is 1. The molecule has 39 heavy (non-hydrogen) atoms. The number of rotatable bonds is 10. The van der Waals surface area contributed by atoms with Crippen molar-refractivity contribution in [1.29, 1.82) is 0 Å². The lowest BCUT2D eigenvalue weighted by Crippen LogP contribution is -2.50. The van der Waals surface area contributed by atoms with E-state index >= 15 is 0 Å². The lowest BCUT2D eigenvalue weighted by molar-refractivity contribution is -0.131. The van der Waals surface area contributed by atoms with E-state index in [2.05, 4.69) is 34.4 Å². The van der Waals surface area contributed by atoms with Crippen molar-refractivity contribution in [1.82, 2.24) is 25.1 Å². The highest BCUT2D eigenvalue weighted by atomic mass is 35.5. The van der Waals surface area contributed by atoms with Crippen LogP contribution in [0.25, 0.3) is 11.0 Å². The molecule has 3 heterocycles. The molecule has 3 aromatic rings. The molecule has 0 aliphatic carbocycles. The molecule has 1 aliphatic heterocycles. The molecular formula is C29H36Cl2FN5O2. The fourth-order valence-electron chi connectivity index (χ4n) is 5.29. The minimum Gasteiger partial charge on any atom is -0.350 e. The highest BCUT2D eigenvalue weighted by Gasteiger charge is 2.36. The van der Waals surface area contributed by atoms with Gasteiger partial charge in [-0.2, -0.15) is 0 Å². The Morgan fingerprint density at radius 1 is 1.15 bits per heavy atom. The second kappa shape index (κ2) is 12.7. The van der Waals surface area contributed by atoms with Gasteiger partial charge in [0.25, 0.3) is 0 Å². The zero-order chi connectivity index (χ0) is 28.3. The number of benzene rings is 1. The highest BCUT2D eigenvalue weighted by molar-refractivity contribution is 6.35. The Labute approximate surface area is 239 Å². The van der Waals surface area contributed by atoms with Crippen LogP contribution in [-0.4, -0.2) is 51.4 Å². The van der Waals surface area contributed by atoms with Gasteiger partial charge >= 0.3 is 0 Å². The van der Waals surface area contributed by atoms with Gasteiger partial charge in [-0.25, -0.2) is 9.37 Å². The summed E-state index contributed by atoms with van der Waals surface area (Å²) < 4.78 is 15.6. The van der Waals surface area contributed by atoms with E-state index in [4.69, 9.17) is 23.2 Å². The Hall–Kier alpha value is -2.68. The Morgan fingerprint density at radius 2 is 1.92 bits per heavy atom. The van der Waals surface area contributed by atoms with Gasteiger partial charge in [0.1, 0.15) is 17.5 Å². The van der Waals surface area contributed by atoms with Gasteiger partial charge in [0, 0.05) is 37.4 Å². The molecular weight excluding hydrogens is 540 g/mol. The Morgan fingerprint density at radius 3 is 2.62 bits per heavy atom. The summed E-state index contributed by atoms with van der Waals surface area (Å²) in [4.78, 5) is 32.6. The first-order valence-corrected chi connectivity index (χ1v) is 14.2. The van der Waals surface area contributed by atoms with Crippen molar-refractivity contribution in [2.75, 3.05) is 13.1 Å². The number of aromatic nitrogens is 2. The van der Waals surface area contributed by atoms with E-state index in [0.29, 0.717) is 23.8 Å². The number of hydrogen-bond acceptors (Lipinski definition) is 4. The van der Waals surface area contributed by atoms with Gasteiger partial charge in [-0.15, -0.1) is 0 Å². The van der Waals surface area contributed by atoms with Gasteiger partial charge in [-0.1, -0.05) is 50.0 Å². The lowest BCUT2D eigenvalue weighted by atomic mass is 9.96. The van der Waals surface area contributed by atoms with Crippen LogP contribution in [0.2, 0.25) is 10.0 Å². The average Bonchev–Trinajstić information content (AvgIpc) is 3.44. The molecule has 0 spiro atoms. The molecule has 2 N–H and O–H groups in total. The van der Waals surface area contributed by atoms with E-state index in [0.717, 1.165) is 41.8 Å². The van der Waals surface area contributed by atoms with E-state index in [-0.39, 0.29) is 35.3 Å².